The molecule has 0 aromatic carbocycles. The van der Waals surface area contributed by atoms with Crippen molar-refractivity contribution in [2.24, 2.45) is 10.4 Å². The first-order chi connectivity index (χ1) is 7.49. The van der Waals surface area contributed by atoms with Gasteiger partial charge in [0, 0.05) is 26.7 Å². The Kier molecular flexibility index (Phi) is 4.15. The predicted molar refractivity (Wildman–Crippen MR) is 65.4 cm³/mol. The molecule has 92 valence electrons. The summed E-state index contributed by atoms with van der Waals surface area (Å²) >= 11 is 0. The van der Waals surface area contributed by atoms with Gasteiger partial charge in [-0.2, -0.15) is 0 Å². The Balaban J connectivity index is 2.38. The highest BCUT2D eigenvalue weighted by Gasteiger charge is 2.28. The van der Waals surface area contributed by atoms with Crippen LogP contribution in [0.25, 0.3) is 0 Å². The van der Waals surface area contributed by atoms with Gasteiger partial charge in [0.1, 0.15) is 0 Å². The number of amides is 1. The van der Waals surface area contributed by atoms with Crippen LogP contribution in [0.5, 0.6) is 0 Å². The molecule has 0 saturated heterocycles. The van der Waals surface area contributed by atoms with Gasteiger partial charge in [0.05, 0.1) is 5.41 Å². The molecule has 0 unspecified atom stereocenters. The van der Waals surface area contributed by atoms with Crippen LogP contribution in [-0.2, 0) is 4.79 Å². The number of nitrogens with one attached hydrogen (secondary N) is 3. The summed E-state index contributed by atoms with van der Waals surface area (Å²) in [5.41, 5.74) is -0.435. The molecule has 0 spiro atoms. The van der Waals surface area contributed by atoms with Crippen molar-refractivity contribution in [3.63, 3.8) is 0 Å². The van der Waals surface area contributed by atoms with Crippen molar-refractivity contribution >= 4 is 11.9 Å². The Hall–Kier alpha value is -1.26. The summed E-state index contributed by atoms with van der Waals surface area (Å²) in [6.45, 7) is 4.38. The molecule has 0 bridgehead atoms. The highest BCUT2D eigenvalue weighted by molar-refractivity contribution is 5.84. The zero-order chi connectivity index (χ0) is 12.2. The molecular weight excluding hydrogens is 204 g/mol. The maximum atomic E-state index is 11.6. The molecule has 0 atom stereocenters. The van der Waals surface area contributed by atoms with Gasteiger partial charge in [-0.3, -0.25) is 9.79 Å². The molecule has 0 aliphatic heterocycles. The standard InChI is InChI=1S/C11H22N4O/c1-11(2,9(16)12-3)7-14-10(13-4)15-8-5-6-8/h8H,5-7H2,1-4H3,(H,12,16)(H2,13,14,15). The van der Waals surface area contributed by atoms with E-state index < -0.39 is 5.41 Å². The van der Waals surface area contributed by atoms with E-state index in [1.807, 2.05) is 13.8 Å². The van der Waals surface area contributed by atoms with Crippen LogP contribution in [0.15, 0.2) is 4.99 Å². The van der Waals surface area contributed by atoms with E-state index in [-0.39, 0.29) is 5.91 Å². The lowest BCUT2D eigenvalue weighted by atomic mass is 9.92. The van der Waals surface area contributed by atoms with E-state index in [2.05, 4.69) is 20.9 Å². The maximum Gasteiger partial charge on any atom is 0.227 e. The quantitative estimate of drug-likeness (QED) is 0.470. The summed E-state index contributed by atoms with van der Waals surface area (Å²) in [6.07, 6.45) is 2.42. The van der Waals surface area contributed by atoms with E-state index in [1.165, 1.54) is 12.8 Å². The predicted octanol–water partition coefficient (Wildman–Crippen LogP) is 0.0860. The van der Waals surface area contributed by atoms with Gasteiger partial charge in [0.25, 0.3) is 0 Å². The zero-order valence-corrected chi connectivity index (χ0v) is 10.6. The molecule has 0 radical (unpaired) electrons. The largest absolute Gasteiger partial charge is 0.359 e. The van der Waals surface area contributed by atoms with E-state index in [0.717, 1.165) is 5.96 Å². The van der Waals surface area contributed by atoms with Crippen molar-refractivity contribution in [2.75, 3.05) is 20.6 Å². The second-order valence-corrected chi connectivity index (χ2v) is 4.81. The molecule has 5 heteroatoms. The topological polar surface area (TPSA) is 65.5 Å². The molecule has 3 N–H and O–H groups in total. The Labute approximate surface area is 97.1 Å². The lowest BCUT2D eigenvalue weighted by Gasteiger charge is -2.24. The van der Waals surface area contributed by atoms with Gasteiger partial charge >= 0.3 is 0 Å². The van der Waals surface area contributed by atoms with E-state index in [0.29, 0.717) is 12.6 Å². The van der Waals surface area contributed by atoms with Crippen molar-refractivity contribution in [2.45, 2.75) is 32.7 Å². The summed E-state index contributed by atoms with van der Waals surface area (Å²) in [4.78, 5) is 15.7. The first-order valence-corrected chi connectivity index (χ1v) is 5.69. The third-order valence-electron chi connectivity index (χ3n) is 2.68. The van der Waals surface area contributed by atoms with Crippen LogP contribution < -0.4 is 16.0 Å². The average molecular weight is 226 g/mol. The third kappa shape index (κ3) is 3.72. The minimum atomic E-state index is -0.435. The van der Waals surface area contributed by atoms with Crippen molar-refractivity contribution in [3.8, 4) is 0 Å². The Morgan fingerprint density at radius 2 is 2.06 bits per heavy atom. The minimum Gasteiger partial charge on any atom is -0.359 e. The lowest BCUT2D eigenvalue weighted by molar-refractivity contribution is -0.128. The van der Waals surface area contributed by atoms with Crippen molar-refractivity contribution in [1.29, 1.82) is 0 Å². The van der Waals surface area contributed by atoms with Gasteiger partial charge in [0.15, 0.2) is 5.96 Å². The molecule has 1 rings (SSSR count). The second-order valence-electron chi connectivity index (χ2n) is 4.81. The fourth-order valence-electron chi connectivity index (χ4n) is 1.34. The molecule has 16 heavy (non-hydrogen) atoms. The summed E-state index contributed by atoms with van der Waals surface area (Å²) < 4.78 is 0. The Morgan fingerprint density at radius 3 is 2.50 bits per heavy atom. The molecule has 0 aromatic rings. The highest BCUT2D eigenvalue weighted by atomic mass is 16.2. The van der Waals surface area contributed by atoms with Crippen LogP contribution in [0, 0.1) is 5.41 Å². The van der Waals surface area contributed by atoms with Gasteiger partial charge < -0.3 is 16.0 Å². The summed E-state index contributed by atoms with van der Waals surface area (Å²) in [5, 5.41) is 9.11. The SMILES string of the molecule is CN=C(NCC(C)(C)C(=O)NC)NC1CC1. The molecule has 1 fully saturated rings. The van der Waals surface area contributed by atoms with Gasteiger partial charge in [-0.05, 0) is 26.7 Å². The lowest BCUT2D eigenvalue weighted by Crippen LogP contribution is -2.47. The summed E-state index contributed by atoms with van der Waals surface area (Å²) in [6, 6.07) is 0.564. The molecular formula is C11H22N4O. The second kappa shape index (κ2) is 5.18. The summed E-state index contributed by atoms with van der Waals surface area (Å²) in [7, 11) is 3.39. The molecule has 1 aliphatic carbocycles. The van der Waals surface area contributed by atoms with E-state index >= 15 is 0 Å². The van der Waals surface area contributed by atoms with Crippen LogP contribution in [0.3, 0.4) is 0 Å². The van der Waals surface area contributed by atoms with Gasteiger partial charge in [0.2, 0.25) is 5.91 Å². The van der Waals surface area contributed by atoms with E-state index in [9.17, 15) is 4.79 Å². The van der Waals surface area contributed by atoms with E-state index in [4.69, 9.17) is 0 Å². The Morgan fingerprint density at radius 1 is 1.44 bits per heavy atom. The maximum absolute atomic E-state index is 11.6. The molecule has 0 aromatic heterocycles. The zero-order valence-electron chi connectivity index (χ0n) is 10.6. The van der Waals surface area contributed by atoms with Crippen molar-refractivity contribution in [3.05, 3.63) is 0 Å². The fourth-order valence-corrected chi connectivity index (χ4v) is 1.34. The van der Waals surface area contributed by atoms with Gasteiger partial charge in [-0.25, -0.2) is 0 Å². The number of carbonyl (C=O) groups excluding carboxylic acids is 1. The summed E-state index contributed by atoms with van der Waals surface area (Å²) in [5.74, 6) is 0.807. The number of rotatable bonds is 4. The third-order valence-corrected chi connectivity index (χ3v) is 2.68. The van der Waals surface area contributed by atoms with Gasteiger partial charge in [-0.1, -0.05) is 0 Å². The van der Waals surface area contributed by atoms with Crippen LogP contribution in [0.4, 0.5) is 0 Å². The number of hydrogen-bond donors (Lipinski definition) is 3. The number of hydrogen-bond acceptors (Lipinski definition) is 2. The smallest absolute Gasteiger partial charge is 0.227 e. The molecule has 1 aliphatic rings. The number of nitrogens with zero attached hydrogens (tertiary/aromatic N) is 1. The van der Waals surface area contributed by atoms with Gasteiger partial charge in [-0.15, -0.1) is 0 Å². The molecule has 1 amide bonds. The number of guanidine groups is 1. The van der Waals surface area contributed by atoms with Crippen molar-refractivity contribution in [1.82, 2.24) is 16.0 Å². The van der Waals surface area contributed by atoms with Crippen LogP contribution in [-0.4, -0.2) is 38.5 Å². The van der Waals surface area contributed by atoms with Crippen LogP contribution in [0.1, 0.15) is 26.7 Å². The highest BCUT2D eigenvalue weighted by Crippen LogP contribution is 2.18. The normalized spacial score (nSPS) is 16.9. The van der Waals surface area contributed by atoms with Crippen LogP contribution >= 0.6 is 0 Å². The molecule has 0 heterocycles. The fraction of sp³-hybridized carbons (Fsp3) is 0.818. The molecule has 5 nitrogen and oxygen atoms in total. The van der Waals surface area contributed by atoms with Crippen molar-refractivity contribution < 1.29 is 4.79 Å². The monoisotopic (exact) mass is 226 g/mol. The number of aliphatic imine (C=N–C) groups is 1. The van der Waals surface area contributed by atoms with Crippen LogP contribution in [0.2, 0.25) is 0 Å². The Bertz CT molecular complexity index is 282. The van der Waals surface area contributed by atoms with E-state index in [1.54, 1.807) is 14.1 Å². The number of carbonyl (C=O) groups is 1. The first-order valence-electron chi connectivity index (χ1n) is 5.69. The average Bonchev–Trinajstić information content (AvgIpc) is 3.06. The molecule has 1 saturated carbocycles. The first kappa shape index (κ1) is 12.8. The minimum absolute atomic E-state index is 0.0295.